The molecule has 1 rings (SSSR count). The fraction of sp³-hybridized carbons (Fsp3) is 0.545. The van der Waals surface area contributed by atoms with Gasteiger partial charge in [-0.05, 0) is 26.0 Å². The first-order valence-electron chi connectivity index (χ1n) is 5.55. The van der Waals surface area contributed by atoms with E-state index in [9.17, 15) is 4.79 Å². The first-order valence-corrected chi connectivity index (χ1v) is 5.93. The summed E-state index contributed by atoms with van der Waals surface area (Å²) in [5.74, 6) is -0.156. The second-order valence-corrected chi connectivity index (χ2v) is 3.71. The second kappa shape index (κ2) is 7.19. The van der Waals surface area contributed by atoms with Crippen LogP contribution in [0.1, 0.15) is 24.3 Å². The highest BCUT2D eigenvalue weighted by molar-refractivity contribution is 6.29. The van der Waals surface area contributed by atoms with E-state index in [1.807, 2.05) is 13.8 Å². The predicted molar refractivity (Wildman–Crippen MR) is 65.1 cm³/mol. The largest absolute Gasteiger partial charge is 0.380 e. The molecule has 0 radical (unpaired) electrons. The van der Waals surface area contributed by atoms with Gasteiger partial charge in [-0.2, -0.15) is 0 Å². The minimum atomic E-state index is -0.156. The molecule has 6 heteroatoms. The van der Waals surface area contributed by atoms with Crippen molar-refractivity contribution in [2.75, 3.05) is 26.3 Å². The zero-order valence-corrected chi connectivity index (χ0v) is 10.8. The number of halogens is 1. The van der Waals surface area contributed by atoms with Crippen LogP contribution in [0.4, 0.5) is 0 Å². The Kier molecular flexibility index (Phi) is 5.86. The van der Waals surface area contributed by atoms with Crippen LogP contribution >= 0.6 is 11.6 Å². The molecule has 0 aliphatic carbocycles. The third-order valence-electron chi connectivity index (χ3n) is 2.23. The molecule has 0 aromatic carbocycles. The summed E-state index contributed by atoms with van der Waals surface area (Å²) in [6.45, 7) is 6.16. The van der Waals surface area contributed by atoms with Gasteiger partial charge >= 0.3 is 0 Å². The molecule has 0 bridgehead atoms. The quantitative estimate of drug-likeness (QED) is 0.727. The van der Waals surface area contributed by atoms with Crippen molar-refractivity contribution in [2.24, 2.45) is 0 Å². The van der Waals surface area contributed by atoms with Crippen LogP contribution in [0.5, 0.6) is 0 Å². The number of nitrogens with zero attached hydrogens (tertiary/aromatic N) is 3. The molecule has 0 N–H and O–H groups in total. The zero-order valence-electron chi connectivity index (χ0n) is 10.0. The van der Waals surface area contributed by atoms with Crippen LogP contribution in [-0.2, 0) is 4.74 Å². The SMILES string of the molecule is CCOCCN(CC)C(=O)c1ccc(Cl)nn1. The van der Waals surface area contributed by atoms with E-state index in [1.165, 1.54) is 0 Å². The van der Waals surface area contributed by atoms with Gasteiger partial charge in [-0.25, -0.2) is 0 Å². The molecule has 1 aromatic rings. The van der Waals surface area contributed by atoms with Gasteiger partial charge in [0.2, 0.25) is 0 Å². The highest BCUT2D eigenvalue weighted by Gasteiger charge is 2.15. The maximum Gasteiger partial charge on any atom is 0.274 e. The van der Waals surface area contributed by atoms with E-state index in [0.29, 0.717) is 32.0 Å². The minimum absolute atomic E-state index is 0.156. The van der Waals surface area contributed by atoms with E-state index in [2.05, 4.69) is 10.2 Å². The number of aromatic nitrogens is 2. The van der Waals surface area contributed by atoms with Crippen molar-refractivity contribution in [1.82, 2.24) is 15.1 Å². The van der Waals surface area contributed by atoms with E-state index in [1.54, 1.807) is 17.0 Å². The van der Waals surface area contributed by atoms with E-state index >= 15 is 0 Å². The molecule has 5 nitrogen and oxygen atoms in total. The lowest BCUT2D eigenvalue weighted by atomic mass is 10.3. The molecule has 0 saturated heterocycles. The summed E-state index contributed by atoms with van der Waals surface area (Å²) in [7, 11) is 0. The van der Waals surface area contributed by atoms with Gasteiger partial charge in [-0.15, -0.1) is 10.2 Å². The van der Waals surface area contributed by atoms with Crippen LogP contribution in [-0.4, -0.2) is 47.3 Å². The van der Waals surface area contributed by atoms with Crippen molar-refractivity contribution in [3.05, 3.63) is 23.0 Å². The number of hydrogen-bond donors (Lipinski definition) is 0. The molecule has 94 valence electrons. The Morgan fingerprint density at radius 3 is 2.71 bits per heavy atom. The highest BCUT2D eigenvalue weighted by Crippen LogP contribution is 2.05. The molecule has 1 aromatic heterocycles. The first-order chi connectivity index (χ1) is 8.19. The number of carbonyl (C=O) groups excluding carboxylic acids is 1. The Bertz CT molecular complexity index is 356. The predicted octanol–water partition coefficient (Wildman–Crippen LogP) is 1.63. The van der Waals surface area contributed by atoms with Crippen LogP contribution in [0.25, 0.3) is 0 Å². The normalized spacial score (nSPS) is 10.3. The summed E-state index contributed by atoms with van der Waals surface area (Å²) in [4.78, 5) is 13.7. The van der Waals surface area contributed by atoms with E-state index in [0.717, 1.165) is 0 Å². The molecule has 0 saturated carbocycles. The summed E-state index contributed by atoms with van der Waals surface area (Å²) in [5, 5.41) is 7.69. The molecule has 0 aliphatic heterocycles. The molecule has 17 heavy (non-hydrogen) atoms. The molecule has 0 aliphatic rings. The van der Waals surface area contributed by atoms with Crippen LogP contribution in [0, 0.1) is 0 Å². The third kappa shape index (κ3) is 4.28. The number of ether oxygens (including phenoxy) is 1. The Labute approximate surface area is 106 Å². The van der Waals surface area contributed by atoms with Gasteiger partial charge in [0.1, 0.15) is 0 Å². The van der Waals surface area contributed by atoms with Crippen LogP contribution in [0.2, 0.25) is 5.15 Å². The number of amides is 1. The number of rotatable bonds is 6. The van der Waals surface area contributed by atoms with Gasteiger partial charge < -0.3 is 9.64 Å². The van der Waals surface area contributed by atoms with Crippen molar-refractivity contribution < 1.29 is 9.53 Å². The van der Waals surface area contributed by atoms with Crippen LogP contribution < -0.4 is 0 Å². The highest BCUT2D eigenvalue weighted by atomic mass is 35.5. The lowest BCUT2D eigenvalue weighted by Gasteiger charge is -2.19. The maximum atomic E-state index is 12.0. The average Bonchev–Trinajstić information content (AvgIpc) is 2.35. The molecule has 0 unspecified atom stereocenters. The van der Waals surface area contributed by atoms with Crippen LogP contribution in [0.15, 0.2) is 12.1 Å². The van der Waals surface area contributed by atoms with Gasteiger partial charge in [-0.3, -0.25) is 4.79 Å². The Morgan fingerprint density at radius 1 is 1.41 bits per heavy atom. The van der Waals surface area contributed by atoms with Crippen molar-refractivity contribution in [3.8, 4) is 0 Å². The first kappa shape index (κ1) is 13.9. The van der Waals surface area contributed by atoms with E-state index < -0.39 is 0 Å². The van der Waals surface area contributed by atoms with Crippen LogP contribution in [0.3, 0.4) is 0 Å². The number of carbonyl (C=O) groups is 1. The summed E-state index contributed by atoms with van der Waals surface area (Å²) in [6.07, 6.45) is 0. The van der Waals surface area contributed by atoms with Gasteiger partial charge in [-0.1, -0.05) is 11.6 Å². The Hall–Kier alpha value is -1.20. The molecule has 0 fully saturated rings. The zero-order chi connectivity index (χ0) is 12.7. The fourth-order valence-corrected chi connectivity index (χ4v) is 1.42. The molecule has 0 spiro atoms. The van der Waals surface area contributed by atoms with Gasteiger partial charge in [0.05, 0.1) is 6.61 Å². The van der Waals surface area contributed by atoms with Gasteiger partial charge in [0, 0.05) is 19.7 Å². The fourth-order valence-electron chi connectivity index (χ4n) is 1.31. The van der Waals surface area contributed by atoms with Gasteiger partial charge in [0.25, 0.3) is 5.91 Å². The maximum absolute atomic E-state index is 12.0. The Morgan fingerprint density at radius 2 is 2.18 bits per heavy atom. The Balaban J connectivity index is 2.62. The molecular weight excluding hydrogens is 242 g/mol. The number of likely N-dealkylation sites (N-methyl/N-ethyl adjacent to an activating group) is 1. The summed E-state index contributed by atoms with van der Waals surface area (Å²) in [5.41, 5.74) is 0.299. The van der Waals surface area contributed by atoms with E-state index in [4.69, 9.17) is 16.3 Å². The molecule has 1 heterocycles. The topological polar surface area (TPSA) is 55.3 Å². The second-order valence-electron chi connectivity index (χ2n) is 3.32. The molecule has 0 atom stereocenters. The molecular formula is C11H16ClN3O2. The number of hydrogen-bond acceptors (Lipinski definition) is 4. The summed E-state index contributed by atoms with van der Waals surface area (Å²) in [6, 6.07) is 3.12. The molecule has 1 amide bonds. The summed E-state index contributed by atoms with van der Waals surface area (Å²) >= 11 is 5.61. The van der Waals surface area contributed by atoms with Crippen molar-refractivity contribution >= 4 is 17.5 Å². The standard InChI is InChI=1S/C11H16ClN3O2/c1-3-15(7-8-17-4-2)11(16)9-5-6-10(12)14-13-9/h5-6H,3-4,7-8H2,1-2H3. The van der Waals surface area contributed by atoms with Crippen molar-refractivity contribution in [1.29, 1.82) is 0 Å². The smallest absolute Gasteiger partial charge is 0.274 e. The van der Waals surface area contributed by atoms with Gasteiger partial charge in [0.15, 0.2) is 10.8 Å². The lowest BCUT2D eigenvalue weighted by molar-refractivity contribution is 0.0662. The minimum Gasteiger partial charge on any atom is -0.380 e. The summed E-state index contributed by atoms with van der Waals surface area (Å²) < 4.78 is 5.22. The monoisotopic (exact) mass is 257 g/mol. The lowest BCUT2D eigenvalue weighted by Crippen LogP contribution is -2.34. The average molecular weight is 258 g/mol. The van der Waals surface area contributed by atoms with E-state index in [-0.39, 0.29) is 11.1 Å². The third-order valence-corrected chi connectivity index (χ3v) is 2.43. The van der Waals surface area contributed by atoms with Crippen molar-refractivity contribution in [2.45, 2.75) is 13.8 Å². The van der Waals surface area contributed by atoms with Crippen molar-refractivity contribution in [3.63, 3.8) is 0 Å².